The number of hydrogen-bond acceptors (Lipinski definition) is 7. The molecule has 7 nitrogen and oxygen atoms in total. The molecule has 4 aromatic rings. The summed E-state index contributed by atoms with van der Waals surface area (Å²) in [6.45, 7) is 4.48. The van der Waals surface area contributed by atoms with Crippen molar-refractivity contribution in [3.05, 3.63) is 107 Å². The van der Waals surface area contributed by atoms with Gasteiger partial charge in [0, 0.05) is 37.0 Å². The molecule has 2 atom stereocenters. The number of carbonyl (C=O) groups is 1. The molecule has 1 saturated heterocycles. The zero-order valence-corrected chi connectivity index (χ0v) is 24.4. The Kier molecular flexibility index (Phi) is 10.4. The quantitative estimate of drug-likeness (QED) is 0.155. The minimum atomic E-state index is -0.316. The second-order valence-corrected chi connectivity index (χ2v) is 10.6. The van der Waals surface area contributed by atoms with Crippen LogP contribution in [0.2, 0.25) is 0 Å². The number of hydrogen-bond donors (Lipinski definition) is 2. The van der Waals surface area contributed by atoms with Crippen molar-refractivity contribution in [2.45, 2.75) is 38.0 Å². The van der Waals surface area contributed by atoms with E-state index in [4.69, 9.17) is 18.9 Å². The summed E-state index contributed by atoms with van der Waals surface area (Å²) < 4.78 is 22.0. The summed E-state index contributed by atoms with van der Waals surface area (Å²) in [4.78, 5) is 11.9. The van der Waals surface area contributed by atoms with Gasteiger partial charge in [-0.2, -0.15) is 0 Å². The van der Waals surface area contributed by atoms with Crippen LogP contribution < -0.4 is 20.1 Å². The molecule has 4 aromatic carbocycles. The maximum Gasteiger partial charge on any atom is 0.337 e. The SMILES string of the molecule is COC(=O)c1ccc2cc(CN[C@H]3CNCC[C@H]3c3ccc(OCCCOCc4ccccc4OC)cc3)ccc2c1. The highest BCUT2D eigenvalue weighted by Gasteiger charge is 2.26. The van der Waals surface area contributed by atoms with Crippen LogP contribution in [0.4, 0.5) is 0 Å². The molecule has 0 spiro atoms. The molecule has 7 heteroatoms. The van der Waals surface area contributed by atoms with Gasteiger partial charge in [0.1, 0.15) is 11.5 Å². The Balaban J connectivity index is 1.09. The van der Waals surface area contributed by atoms with Crippen LogP contribution in [0.25, 0.3) is 10.8 Å². The number of esters is 1. The van der Waals surface area contributed by atoms with Crippen LogP contribution in [-0.4, -0.2) is 52.5 Å². The predicted octanol–water partition coefficient (Wildman–Crippen LogP) is 5.86. The summed E-state index contributed by atoms with van der Waals surface area (Å²) in [5.41, 5.74) is 4.16. The normalized spacial score (nSPS) is 16.7. The lowest BCUT2D eigenvalue weighted by Crippen LogP contribution is -2.47. The number of carbonyl (C=O) groups excluding carboxylic acids is 1. The average Bonchev–Trinajstić information content (AvgIpc) is 3.05. The molecular weight excluding hydrogens is 528 g/mol. The van der Waals surface area contributed by atoms with Crippen LogP contribution in [0, 0.1) is 0 Å². The molecule has 0 radical (unpaired) electrons. The van der Waals surface area contributed by atoms with Gasteiger partial charge < -0.3 is 29.6 Å². The summed E-state index contributed by atoms with van der Waals surface area (Å²) in [7, 11) is 3.08. The van der Waals surface area contributed by atoms with Crippen LogP contribution >= 0.6 is 0 Å². The first-order valence-corrected chi connectivity index (χ1v) is 14.6. The number of fused-ring (bicyclic) bond motifs is 1. The lowest BCUT2D eigenvalue weighted by atomic mass is 9.86. The number of benzene rings is 4. The van der Waals surface area contributed by atoms with Gasteiger partial charge in [-0.05, 0) is 71.3 Å². The fourth-order valence-corrected chi connectivity index (χ4v) is 5.54. The fourth-order valence-electron chi connectivity index (χ4n) is 5.54. The van der Waals surface area contributed by atoms with Gasteiger partial charge in [0.25, 0.3) is 0 Å². The van der Waals surface area contributed by atoms with Gasteiger partial charge >= 0.3 is 5.97 Å². The lowest BCUT2D eigenvalue weighted by Gasteiger charge is -2.33. The monoisotopic (exact) mass is 568 g/mol. The van der Waals surface area contributed by atoms with Crippen molar-refractivity contribution in [3.63, 3.8) is 0 Å². The summed E-state index contributed by atoms with van der Waals surface area (Å²) in [5.74, 6) is 1.84. The van der Waals surface area contributed by atoms with Crippen LogP contribution in [0.1, 0.15) is 45.8 Å². The second kappa shape index (κ2) is 14.8. The molecule has 0 unspecified atom stereocenters. The van der Waals surface area contributed by atoms with Crippen LogP contribution in [0.15, 0.2) is 84.9 Å². The number of methoxy groups -OCH3 is 2. The van der Waals surface area contributed by atoms with E-state index >= 15 is 0 Å². The van der Waals surface area contributed by atoms with Crippen LogP contribution in [0.3, 0.4) is 0 Å². The average molecular weight is 569 g/mol. The van der Waals surface area contributed by atoms with E-state index in [1.807, 2.05) is 42.5 Å². The van der Waals surface area contributed by atoms with Gasteiger partial charge in [-0.25, -0.2) is 4.79 Å². The third-order valence-electron chi connectivity index (χ3n) is 7.84. The third-order valence-corrected chi connectivity index (χ3v) is 7.84. The third kappa shape index (κ3) is 7.68. The van der Waals surface area contributed by atoms with Crippen molar-refractivity contribution in [2.75, 3.05) is 40.5 Å². The zero-order valence-electron chi connectivity index (χ0n) is 24.4. The van der Waals surface area contributed by atoms with Gasteiger partial charge in [-0.15, -0.1) is 0 Å². The van der Waals surface area contributed by atoms with Crippen LogP contribution in [-0.2, 0) is 22.6 Å². The van der Waals surface area contributed by atoms with Crippen molar-refractivity contribution in [3.8, 4) is 11.5 Å². The smallest absolute Gasteiger partial charge is 0.337 e. The minimum absolute atomic E-state index is 0.316. The van der Waals surface area contributed by atoms with E-state index in [2.05, 4.69) is 53.1 Å². The van der Waals surface area contributed by atoms with E-state index in [0.29, 0.717) is 37.3 Å². The topological polar surface area (TPSA) is 78.1 Å². The Morgan fingerprint density at radius 1 is 0.929 bits per heavy atom. The molecule has 1 aliphatic heterocycles. The van der Waals surface area contributed by atoms with E-state index < -0.39 is 0 Å². The first-order valence-electron chi connectivity index (χ1n) is 14.6. The van der Waals surface area contributed by atoms with Gasteiger partial charge in [0.15, 0.2) is 0 Å². The Bertz CT molecular complexity index is 1460. The van der Waals surface area contributed by atoms with Crippen molar-refractivity contribution in [1.29, 1.82) is 0 Å². The van der Waals surface area contributed by atoms with Gasteiger partial charge in [-0.3, -0.25) is 0 Å². The predicted molar refractivity (Wildman–Crippen MR) is 165 cm³/mol. The first kappa shape index (κ1) is 29.6. The second-order valence-electron chi connectivity index (χ2n) is 10.6. The summed E-state index contributed by atoms with van der Waals surface area (Å²) >= 11 is 0. The lowest BCUT2D eigenvalue weighted by molar-refractivity contribution is 0.0601. The molecular formula is C35H40N2O5. The molecule has 220 valence electrons. The van der Waals surface area contributed by atoms with Crippen molar-refractivity contribution in [1.82, 2.24) is 10.6 Å². The molecule has 0 amide bonds. The Morgan fingerprint density at radius 3 is 2.57 bits per heavy atom. The maximum atomic E-state index is 11.9. The van der Waals surface area contributed by atoms with Crippen LogP contribution in [0.5, 0.6) is 11.5 Å². The highest BCUT2D eigenvalue weighted by Crippen LogP contribution is 2.28. The number of piperidine rings is 1. The highest BCUT2D eigenvalue weighted by molar-refractivity contribution is 5.95. The molecule has 0 aliphatic carbocycles. The number of nitrogens with one attached hydrogen (secondary N) is 2. The first-order chi connectivity index (χ1) is 20.6. The molecule has 1 fully saturated rings. The van der Waals surface area contributed by atoms with Crippen molar-refractivity contribution in [2.24, 2.45) is 0 Å². The Morgan fingerprint density at radius 2 is 1.74 bits per heavy atom. The molecule has 2 N–H and O–H groups in total. The number of rotatable bonds is 13. The van der Waals surface area contributed by atoms with E-state index in [1.54, 1.807) is 7.11 Å². The van der Waals surface area contributed by atoms with E-state index in [0.717, 1.165) is 60.3 Å². The molecule has 42 heavy (non-hydrogen) atoms. The molecule has 0 saturated carbocycles. The molecule has 1 heterocycles. The maximum absolute atomic E-state index is 11.9. The van der Waals surface area contributed by atoms with Gasteiger partial charge in [0.2, 0.25) is 0 Å². The Labute approximate surface area is 248 Å². The fraction of sp³-hybridized carbons (Fsp3) is 0.343. The standard InChI is InChI=1S/C35H40N2O5/c1-39-34-7-4-3-6-30(34)24-41-18-5-19-42-31-14-12-26(13-15-31)32-16-17-36-23-33(32)37-22-25-8-9-28-21-29(35(38)40-2)11-10-27(28)20-25/h3-4,6-15,20-21,32-33,36-37H,5,16-19,22-24H2,1-2H3/t32-,33-/m0/s1. The Hall–Kier alpha value is -3.91. The van der Waals surface area contributed by atoms with Crippen molar-refractivity contribution >= 4 is 16.7 Å². The van der Waals surface area contributed by atoms with E-state index in [9.17, 15) is 4.79 Å². The summed E-state index contributed by atoms with van der Waals surface area (Å²) in [6, 6.07) is 28.9. The molecule has 0 bridgehead atoms. The highest BCUT2D eigenvalue weighted by atomic mass is 16.5. The minimum Gasteiger partial charge on any atom is -0.496 e. The summed E-state index contributed by atoms with van der Waals surface area (Å²) in [6.07, 6.45) is 1.90. The van der Waals surface area contributed by atoms with Gasteiger partial charge in [-0.1, -0.05) is 48.5 Å². The summed E-state index contributed by atoms with van der Waals surface area (Å²) in [5, 5.41) is 9.47. The van der Waals surface area contributed by atoms with Crippen molar-refractivity contribution < 1.29 is 23.7 Å². The molecule has 5 rings (SSSR count). The molecule has 1 aliphatic rings. The zero-order chi connectivity index (χ0) is 29.1. The van der Waals surface area contributed by atoms with Gasteiger partial charge in [0.05, 0.1) is 39.6 Å². The molecule has 0 aromatic heterocycles. The van der Waals surface area contributed by atoms with E-state index in [-0.39, 0.29) is 5.97 Å². The number of ether oxygens (including phenoxy) is 4. The largest absolute Gasteiger partial charge is 0.496 e. The number of para-hydroxylation sites is 1. The van der Waals surface area contributed by atoms with E-state index in [1.165, 1.54) is 18.2 Å².